The van der Waals surface area contributed by atoms with Crippen molar-refractivity contribution in [2.24, 2.45) is 0 Å². The maximum absolute atomic E-state index is 12.3. The SMILES string of the molecule is COC(=O)C(Cc1ccc(-c2ccc(-c3cccc4c3oc3ccccc34)cc2)cc1)NC(=O)OC(C)(C)C. The molecule has 5 rings (SSSR count). The summed E-state index contributed by atoms with van der Waals surface area (Å²) in [6, 6.07) is 29.8. The van der Waals surface area contributed by atoms with Crippen molar-refractivity contribution in [2.45, 2.75) is 38.8 Å². The number of benzene rings is 4. The average molecular weight is 522 g/mol. The maximum Gasteiger partial charge on any atom is 0.408 e. The van der Waals surface area contributed by atoms with Gasteiger partial charge in [0, 0.05) is 22.8 Å². The number of amides is 1. The van der Waals surface area contributed by atoms with E-state index in [2.05, 4.69) is 53.8 Å². The number of furan rings is 1. The van der Waals surface area contributed by atoms with E-state index in [0.29, 0.717) is 0 Å². The first-order valence-corrected chi connectivity index (χ1v) is 12.9. The number of carbonyl (C=O) groups excluding carboxylic acids is 2. The third-order valence-electron chi connectivity index (χ3n) is 6.50. The fourth-order valence-corrected chi connectivity index (χ4v) is 4.67. The van der Waals surface area contributed by atoms with Crippen LogP contribution in [0.2, 0.25) is 0 Å². The lowest BCUT2D eigenvalue weighted by Crippen LogP contribution is -2.45. The molecule has 1 aromatic heterocycles. The zero-order valence-electron chi connectivity index (χ0n) is 22.5. The van der Waals surface area contributed by atoms with Crippen LogP contribution in [0.1, 0.15) is 26.3 Å². The first-order chi connectivity index (χ1) is 18.7. The molecule has 6 heteroatoms. The van der Waals surface area contributed by atoms with E-state index < -0.39 is 23.7 Å². The molecule has 0 aliphatic carbocycles. The Hall–Kier alpha value is -4.58. The van der Waals surface area contributed by atoms with Gasteiger partial charge in [-0.15, -0.1) is 0 Å². The van der Waals surface area contributed by atoms with E-state index in [-0.39, 0.29) is 6.42 Å². The van der Waals surface area contributed by atoms with Crippen molar-refractivity contribution in [3.63, 3.8) is 0 Å². The first-order valence-electron chi connectivity index (χ1n) is 12.9. The molecular formula is C33H31NO5. The van der Waals surface area contributed by atoms with Crippen molar-refractivity contribution in [3.05, 3.63) is 96.6 Å². The highest BCUT2D eigenvalue weighted by atomic mass is 16.6. The van der Waals surface area contributed by atoms with Gasteiger partial charge in [-0.1, -0.05) is 84.9 Å². The van der Waals surface area contributed by atoms with Crippen LogP contribution < -0.4 is 5.32 Å². The normalized spacial score (nSPS) is 12.3. The number of para-hydroxylation sites is 2. The van der Waals surface area contributed by atoms with E-state index in [4.69, 9.17) is 13.9 Å². The van der Waals surface area contributed by atoms with Crippen molar-refractivity contribution >= 4 is 34.0 Å². The molecule has 1 unspecified atom stereocenters. The molecular weight excluding hydrogens is 490 g/mol. The number of hydrogen-bond donors (Lipinski definition) is 1. The highest BCUT2D eigenvalue weighted by molar-refractivity contribution is 6.09. The smallest absolute Gasteiger partial charge is 0.408 e. The summed E-state index contributed by atoms with van der Waals surface area (Å²) in [5, 5.41) is 4.84. The fraction of sp³-hybridized carbons (Fsp3) is 0.212. The standard InChI is InChI=1S/C33H31NO5/c1-33(2,3)39-32(36)34-28(31(35)37-4)20-21-12-14-22(15-13-21)23-16-18-24(19-17-23)25-9-7-10-27-26-8-5-6-11-29(26)38-30(25)27/h5-19,28H,20H2,1-4H3,(H,34,36). The van der Waals surface area contributed by atoms with E-state index in [1.807, 2.05) is 42.5 Å². The summed E-state index contributed by atoms with van der Waals surface area (Å²) in [5.41, 5.74) is 6.23. The largest absolute Gasteiger partial charge is 0.467 e. The minimum Gasteiger partial charge on any atom is -0.467 e. The van der Waals surface area contributed by atoms with E-state index >= 15 is 0 Å². The molecule has 0 saturated heterocycles. The number of ether oxygens (including phenoxy) is 2. The molecule has 198 valence electrons. The summed E-state index contributed by atoms with van der Waals surface area (Å²) in [5.74, 6) is -0.528. The van der Waals surface area contributed by atoms with Gasteiger partial charge < -0.3 is 19.2 Å². The Bertz CT molecular complexity index is 1630. The van der Waals surface area contributed by atoms with E-state index in [0.717, 1.165) is 49.8 Å². The number of rotatable bonds is 6. The molecule has 1 heterocycles. The van der Waals surface area contributed by atoms with Crippen LogP contribution in [0.3, 0.4) is 0 Å². The van der Waals surface area contributed by atoms with E-state index in [1.54, 1.807) is 20.8 Å². The summed E-state index contributed by atoms with van der Waals surface area (Å²) in [6.07, 6.45) is -0.375. The van der Waals surface area contributed by atoms with E-state index in [1.165, 1.54) is 7.11 Å². The molecule has 5 aromatic rings. The lowest BCUT2D eigenvalue weighted by molar-refractivity contribution is -0.143. The molecule has 0 aliphatic heterocycles. The van der Waals surface area contributed by atoms with Gasteiger partial charge in [-0.05, 0) is 49.1 Å². The van der Waals surface area contributed by atoms with Crippen LogP contribution >= 0.6 is 0 Å². The van der Waals surface area contributed by atoms with Crippen LogP contribution in [0.25, 0.3) is 44.2 Å². The Balaban J connectivity index is 1.33. The van der Waals surface area contributed by atoms with Crippen molar-refractivity contribution in [3.8, 4) is 22.3 Å². The molecule has 0 saturated carbocycles. The Morgan fingerprint density at radius 3 is 2.08 bits per heavy atom. The highest BCUT2D eigenvalue weighted by Crippen LogP contribution is 2.36. The van der Waals surface area contributed by atoms with Gasteiger partial charge in [0.1, 0.15) is 22.8 Å². The predicted molar refractivity (Wildman–Crippen MR) is 153 cm³/mol. The van der Waals surface area contributed by atoms with Crippen LogP contribution in [0.5, 0.6) is 0 Å². The van der Waals surface area contributed by atoms with Crippen LogP contribution in [0.4, 0.5) is 4.79 Å². The number of hydrogen-bond acceptors (Lipinski definition) is 5. The molecule has 0 bridgehead atoms. The fourth-order valence-electron chi connectivity index (χ4n) is 4.67. The molecule has 39 heavy (non-hydrogen) atoms. The Labute approximate surface area is 227 Å². The quantitative estimate of drug-likeness (QED) is 0.234. The van der Waals surface area contributed by atoms with Crippen molar-refractivity contribution in [2.75, 3.05) is 7.11 Å². The highest BCUT2D eigenvalue weighted by Gasteiger charge is 2.25. The second-order valence-electron chi connectivity index (χ2n) is 10.5. The zero-order chi connectivity index (χ0) is 27.6. The van der Waals surface area contributed by atoms with Crippen LogP contribution in [-0.4, -0.2) is 30.8 Å². The summed E-state index contributed by atoms with van der Waals surface area (Å²) < 4.78 is 16.4. The van der Waals surface area contributed by atoms with Gasteiger partial charge in [-0.2, -0.15) is 0 Å². The molecule has 4 aromatic carbocycles. The lowest BCUT2D eigenvalue weighted by Gasteiger charge is -2.22. The number of fused-ring (bicyclic) bond motifs is 3. The topological polar surface area (TPSA) is 77.8 Å². The summed E-state index contributed by atoms with van der Waals surface area (Å²) in [6.45, 7) is 5.30. The Morgan fingerprint density at radius 2 is 1.41 bits per heavy atom. The molecule has 6 nitrogen and oxygen atoms in total. The van der Waals surface area contributed by atoms with Gasteiger partial charge >= 0.3 is 12.1 Å². The second-order valence-corrected chi connectivity index (χ2v) is 10.5. The van der Waals surface area contributed by atoms with Crippen molar-refractivity contribution < 1.29 is 23.5 Å². The average Bonchev–Trinajstić information content (AvgIpc) is 3.31. The summed E-state index contributed by atoms with van der Waals surface area (Å²) in [7, 11) is 1.30. The zero-order valence-corrected chi connectivity index (χ0v) is 22.5. The second kappa shape index (κ2) is 10.7. The predicted octanol–water partition coefficient (Wildman–Crippen LogP) is 7.53. The van der Waals surface area contributed by atoms with Gasteiger partial charge in [0.15, 0.2) is 0 Å². The first kappa shape index (κ1) is 26.0. The minimum absolute atomic E-state index is 0.284. The molecule has 0 radical (unpaired) electrons. The molecule has 1 atom stereocenters. The number of nitrogens with one attached hydrogen (secondary N) is 1. The Morgan fingerprint density at radius 1 is 0.795 bits per heavy atom. The van der Waals surface area contributed by atoms with Gasteiger partial charge in [-0.3, -0.25) is 0 Å². The van der Waals surface area contributed by atoms with Crippen molar-refractivity contribution in [1.29, 1.82) is 0 Å². The van der Waals surface area contributed by atoms with Gasteiger partial charge in [0.05, 0.1) is 7.11 Å². The van der Waals surface area contributed by atoms with Gasteiger partial charge in [0.2, 0.25) is 0 Å². The van der Waals surface area contributed by atoms with Crippen LogP contribution in [0.15, 0.2) is 95.4 Å². The Kier molecular flexibility index (Phi) is 7.11. The summed E-state index contributed by atoms with van der Waals surface area (Å²) >= 11 is 0. The minimum atomic E-state index is -0.851. The number of methoxy groups -OCH3 is 1. The summed E-state index contributed by atoms with van der Waals surface area (Å²) in [4.78, 5) is 24.5. The van der Waals surface area contributed by atoms with Gasteiger partial charge in [0.25, 0.3) is 0 Å². The van der Waals surface area contributed by atoms with Crippen LogP contribution in [0, 0.1) is 0 Å². The number of alkyl carbamates (subject to hydrolysis) is 1. The number of esters is 1. The lowest BCUT2D eigenvalue weighted by atomic mass is 9.97. The third kappa shape index (κ3) is 5.80. The maximum atomic E-state index is 12.3. The molecule has 0 fully saturated rings. The molecule has 0 spiro atoms. The monoisotopic (exact) mass is 521 g/mol. The van der Waals surface area contributed by atoms with E-state index in [9.17, 15) is 9.59 Å². The van der Waals surface area contributed by atoms with Crippen molar-refractivity contribution in [1.82, 2.24) is 5.32 Å². The number of carbonyl (C=O) groups is 2. The van der Waals surface area contributed by atoms with Gasteiger partial charge in [-0.25, -0.2) is 9.59 Å². The third-order valence-corrected chi connectivity index (χ3v) is 6.50. The molecule has 1 amide bonds. The molecule has 0 aliphatic rings. The van der Waals surface area contributed by atoms with Crippen LogP contribution in [-0.2, 0) is 20.7 Å². The molecule has 1 N–H and O–H groups in total.